The van der Waals surface area contributed by atoms with E-state index in [2.05, 4.69) is 0 Å². The molecular formula is C20H20N2O2. The summed E-state index contributed by atoms with van der Waals surface area (Å²) in [5.41, 5.74) is 3.13. The maximum absolute atomic E-state index is 12.9. The molecule has 1 saturated heterocycles. The summed E-state index contributed by atoms with van der Waals surface area (Å²) >= 11 is 0. The summed E-state index contributed by atoms with van der Waals surface area (Å²) in [7, 11) is 1.82. The van der Waals surface area contributed by atoms with Gasteiger partial charge in [-0.1, -0.05) is 36.4 Å². The van der Waals surface area contributed by atoms with Gasteiger partial charge in [0, 0.05) is 31.4 Å². The predicted molar refractivity (Wildman–Crippen MR) is 93.2 cm³/mol. The van der Waals surface area contributed by atoms with Crippen LogP contribution in [0.4, 0.5) is 5.69 Å². The van der Waals surface area contributed by atoms with Crippen LogP contribution in [0.15, 0.2) is 48.5 Å². The highest BCUT2D eigenvalue weighted by Crippen LogP contribution is 2.46. The van der Waals surface area contributed by atoms with Gasteiger partial charge in [0.2, 0.25) is 5.91 Å². The van der Waals surface area contributed by atoms with Crippen molar-refractivity contribution in [2.45, 2.75) is 18.8 Å². The normalized spacial score (nSPS) is 22.3. The van der Waals surface area contributed by atoms with E-state index in [0.29, 0.717) is 19.5 Å². The Labute approximate surface area is 141 Å². The average molecular weight is 320 g/mol. The van der Waals surface area contributed by atoms with Gasteiger partial charge >= 0.3 is 0 Å². The molecule has 1 unspecified atom stereocenters. The molecule has 0 saturated carbocycles. The number of carbonyl (C=O) groups excluding carboxylic acids is 2. The molecule has 2 aromatic carbocycles. The topological polar surface area (TPSA) is 40.6 Å². The summed E-state index contributed by atoms with van der Waals surface area (Å²) in [5, 5.41) is 0. The molecule has 2 heterocycles. The van der Waals surface area contributed by atoms with E-state index in [9.17, 15) is 9.59 Å². The van der Waals surface area contributed by atoms with E-state index in [1.807, 2.05) is 67.4 Å². The van der Waals surface area contributed by atoms with Gasteiger partial charge in [0.05, 0.1) is 5.41 Å². The minimum Gasteiger partial charge on any atom is -0.337 e. The van der Waals surface area contributed by atoms with Gasteiger partial charge < -0.3 is 9.80 Å². The lowest BCUT2D eigenvalue weighted by Crippen LogP contribution is -2.42. The summed E-state index contributed by atoms with van der Waals surface area (Å²) < 4.78 is 0. The number of hydrogen-bond acceptors (Lipinski definition) is 2. The van der Waals surface area contributed by atoms with Crippen molar-refractivity contribution in [3.8, 4) is 0 Å². The van der Waals surface area contributed by atoms with E-state index < -0.39 is 5.41 Å². The molecule has 4 heteroatoms. The molecule has 0 bridgehead atoms. The van der Waals surface area contributed by atoms with E-state index in [0.717, 1.165) is 22.4 Å². The number of rotatable bonds is 1. The van der Waals surface area contributed by atoms with Gasteiger partial charge in [-0.3, -0.25) is 9.59 Å². The Balaban J connectivity index is 1.69. The predicted octanol–water partition coefficient (Wildman–Crippen LogP) is 2.76. The van der Waals surface area contributed by atoms with Crippen LogP contribution in [0, 0.1) is 6.92 Å². The zero-order valence-corrected chi connectivity index (χ0v) is 14.0. The van der Waals surface area contributed by atoms with Gasteiger partial charge in [-0.2, -0.15) is 0 Å². The SMILES string of the molecule is Cc1ccccc1C(=O)N1CCC2(C1)C(=O)N(C)c1ccccc12. The van der Waals surface area contributed by atoms with E-state index in [-0.39, 0.29) is 11.8 Å². The lowest BCUT2D eigenvalue weighted by atomic mass is 9.81. The van der Waals surface area contributed by atoms with Crippen molar-refractivity contribution in [2.75, 3.05) is 25.0 Å². The third-order valence-corrected chi connectivity index (χ3v) is 5.43. The Hall–Kier alpha value is -2.62. The Kier molecular flexibility index (Phi) is 3.23. The number of nitrogens with zero attached hydrogens (tertiary/aromatic N) is 2. The van der Waals surface area contributed by atoms with Crippen molar-refractivity contribution in [1.29, 1.82) is 0 Å². The number of anilines is 1. The van der Waals surface area contributed by atoms with E-state index in [1.54, 1.807) is 4.90 Å². The number of aryl methyl sites for hydroxylation is 1. The molecule has 4 rings (SSSR count). The quantitative estimate of drug-likeness (QED) is 0.811. The van der Waals surface area contributed by atoms with Crippen molar-refractivity contribution in [1.82, 2.24) is 4.90 Å². The fraction of sp³-hybridized carbons (Fsp3) is 0.300. The number of benzene rings is 2. The third kappa shape index (κ3) is 1.92. The molecule has 0 aromatic heterocycles. The largest absolute Gasteiger partial charge is 0.337 e. The molecule has 1 atom stereocenters. The second-order valence-corrected chi connectivity index (χ2v) is 6.76. The van der Waals surface area contributed by atoms with Crippen LogP contribution in [0.1, 0.15) is 27.9 Å². The molecule has 0 N–H and O–H groups in total. The Morgan fingerprint density at radius 1 is 1.08 bits per heavy atom. The first kappa shape index (κ1) is 14.9. The molecule has 1 spiro atoms. The number of likely N-dealkylation sites (N-methyl/N-ethyl adjacent to an activating group) is 1. The van der Waals surface area contributed by atoms with Crippen molar-refractivity contribution in [3.05, 3.63) is 65.2 Å². The highest BCUT2D eigenvalue weighted by atomic mass is 16.2. The van der Waals surface area contributed by atoms with Crippen LogP contribution in [-0.2, 0) is 10.2 Å². The first-order valence-corrected chi connectivity index (χ1v) is 8.27. The number of carbonyl (C=O) groups is 2. The number of amides is 2. The van der Waals surface area contributed by atoms with Gasteiger partial charge in [0.15, 0.2) is 0 Å². The van der Waals surface area contributed by atoms with Gasteiger partial charge in [-0.05, 0) is 36.6 Å². The van der Waals surface area contributed by atoms with E-state index in [1.165, 1.54) is 0 Å². The molecule has 24 heavy (non-hydrogen) atoms. The Morgan fingerprint density at radius 3 is 2.58 bits per heavy atom. The van der Waals surface area contributed by atoms with Gasteiger partial charge in [0.25, 0.3) is 5.91 Å². The molecule has 0 radical (unpaired) electrons. The average Bonchev–Trinajstić information content (AvgIpc) is 3.14. The van der Waals surface area contributed by atoms with E-state index in [4.69, 9.17) is 0 Å². The fourth-order valence-corrected chi connectivity index (χ4v) is 4.08. The van der Waals surface area contributed by atoms with E-state index >= 15 is 0 Å². The zero-order valence-electron chi connectivity index (χ0n) is 14.0. The molecule has 2 aliphatic rings. The lowest BCUT2D eigenvalue weighted by molar-refractivity contribution is -0.122. The van der Waals surface area contributed by atoms with Crippen molar-refractivity contribution >= 4 is 17.5 Å². The minimum atomic E-state index is -0.580. The second kappa shape index (κ2) is 5.20. The minimum absolute atomic E-state index is 0.0183. The molecule has 2 aliphatic heterocycles. The third-order valence-electron chi connectivity index (χ3n) is 5.43. The number of likely N-dealkylation sites (tertiary alicyclic amines) is 1. The molecule has 2 aromatic rings. The smallest absolute Gasteiger partial charge is 0.254 e. The standard InChI is InChI=1S/C20H20N2O2/c1-14-7-3-4-8-15(14)18(23)22-12-11-20(13-22)16-9-5-6-10-17(16)21(2)19(20)24/h3-10H,11-13H2,1-2H3. The molecule has 1 fully saturated rings. The van der Waals surface area contributed by atoms with Crippen LogP contribution in [0.5, 0.6) is 0 Å². The van der Waals surface area contributed by atoms with Crippen LogP contribution >= 0.6 is 0 Å². The Bertz CT molecular complexity index is 845. The van der Waals surface area contributed by atoms with Crippen LogP contribution in [0.3, 0.4) is 0 Å². The molecule has 4 nitrogen and oxygen atoms in total. The first-order valence-electron chi connectivity index (χ1n) is 8.27. The van der Waals surface area contributed by atoms with Crippen molar-refractivity contribution in [2.24, 2.45) is 0 Å². The summed E-state index contributed by atoms with van der Waals surface area (Å²) in [4.78, 5) is 29.4. The monoisotopic (exact) mass is 320 g/mol. The van der Waals surface area contributed by atoms with Crippen LogP contribution < -0.4 is 4.90 Å². The molecule has 2 amide bonds. The lowest BCUT2D eigenvalue weighted by Gasteiger charge is -2.24. The highest BCUT2D eigenvalue weighted by molar-refractivity contribution is 6.09. The molecule has 0 aliphatic carbocycles. The van der Waals surface area contributed by atoms with Crippen molar-refractivity contribution in [3.63, 3.8) is 0 Å². The summed E-state index contributed by atoms with van der Waals surface area (Å²) in [6.45, 7) is 3.02. The zero-order chi connectivity index (χ0) is 16.9. The van der Waals surface area contributed by atoms with Crippen LogP contribution in [0.25, 0.3) is 0 Å². The van der Waals surface area contributed by atoms with Gasteiger partial charge in [-0.25, -0.2) is 0 Å². The number of para-hydroxylation sites is 1. The van der Waals surface area contributed by atoms with Crippen molar-refractivity contribution < 1.29 is 9.59 Å². The van der Waals surface area contributed by atoms with Crippen LogP contribution in [0.2, 0.25) is 0 Å². The molecular weight excluding hydrogens is 300 g/mol. The summed E-state index contributed by atoms with van der Waals surface area (Å²) in [6, 6.07) is 15.6. The van der Waals surface area contributed by atoms with Gasteiger partial charge in [0.1, 0.15) is 0 Å². The highest BCUT2D eigenvalue weighted by Gasteiger charge is 2.54. The fourth-order valence-electron chi connectivity index (χ4n) is 4.08. The first-order chi connectivity index (χ1) is 11.5. The number of fused-ring (bicyclic) bond motifs is 2. The molecule has 122 valence electrons. The van der Waals surface area contributed by atoms with Gasteiger partial charge in [-0.15, -0.1) is 0 Å². The summed E-state index contributed by atoms with van der Waals surface area (Å²) in [6.07, 6.45) is 0.685. The Morgan fingerprint density at radius 2 is 1.79 bits per heavy atom. The maximum Gasteiger partial charge on any atom is 0.254 e. The summed E-state index contributed by atoms with van der Waals surface area (Å²) in [5.74, 6) is 0.119. The van der Waals surface area contributed by atoms with Crippen LogP contribution in [-0.4, -0.2) is 36.9 Å². The maximum atomic E-state index is 12.9. The number of hydrogen-bond donors (Lipinski definition) is 0. The second-order valence-electron chi connectivity index (χ2n) is 6.76.